The van der Waals surface area contributed by atoms with Crippen LogP contribution in [-0.4, -0.2) is 28.5 Å². The number of carbonyl (C=O) groups excluding carboxylic acids is 1. The van der Waals surface area contributed by atoms with Gasteiger partial charge in [-0.1, -0.05) is 6.92 Å². The predicted octanol–water partition coefficient (Wildman–Crippen LogP) is 0.789. The van der Waals surface area contributed by atoms with E-state index in [1.54, 1.807) is 12.4 Å². The summed E-state index contributed by atoms with van der Waals surface area (Å²) in [6, 6.07) is 0.198. The van der Waals surface area contributed by atoms with Gasteiger partial charge in [-0.2, -0.15) is 0 Å². The molecule has 0 aliphatic rings. The van der Waals surface area contributed by atoms with Crippen molar-refractivity contribution in [2.24, 2.45) is 0 Å². The Labute approximate surface area is 102 Å². The Morgan fingerprint density at radius 3 is 2.76 bits per heavy atom. The number of nitrogens with zero attached hydrogens (tertiary/aromatic N) is 2. The lowest BCUT2D eigenvalue weighted by Gasteiger charge is -2.11. The van der Waals surface area contributed by atoms with E-state index in [-0.39, 0.29) is 11.9 Å². The molecule has 1 aromatic rings. The van der Waals surface area contributed by atoms with Crippen molar-refractivity contribution >= 4 is 5.91 Å². The first kappa shape index (κ1) is 13.6. The van der Waals surface area contributed by atoms with Gasteiger partial charge in [-0.3, -0.25) is 14.8 Å². The van der Waals surface area contributed by atoms with Crippen molar-refractivity contribution in [3.63, 3.8) is 0 Å². The number of nitrogens with one attached hydrogen (secondary N) is 2. The lowest BCUT2D eigenvalue weighted by molar-refractivity contribution is -0.121. The third-order valence-corrected chi connectivity index (χ3v) is 2.35. The van der Waals surface area contributed by atoms with Crippen molar-refractivity contribution in [3.8, 4) is 0 Å². The minimum Gasteiger partial charge on any atom is -0.350 e. The fraction of sp³-hybridized carbons (Fsp3) is 0.583. The van der Waals surface area contributed by atoms with Gasteiger partial charge in [0.1, 0.15) is 0 Å². The zero-order chi connectivity index (χ0) is 12.7. The first-order chi connectivity index (χ1) is 8.11. The maximum Gasteiger partial charge on any atom is 0.221 e. The van der Waals surface area contributed by atoms with Crippen LogP contribution in [0.5, 0.6) is 0 Å². The molecule has 0 aliphatic carbocycles. The van der Waals surface area contributed by atoms with Crippen LogP contribution in [-0.2, 0) is 11.3 Å². The van der Waals surface area contributed by atoms with Gasteiger partial charge >= 0.3 is 0 Å². The maximum absolute atomic E-state index is 11.6. The van der Waals surface area contributed by atoms with Gasteiger partial charge in [0.25, 0.3) is 0 Å². The van der Waals surface area contributed by atoms with E-state index in [0.29, 0.717) is 13.0 Å². The zero-order valence-corrected chi connectivity index (χ0v) is 10.7. The lowest BCUT2D eigenvalue weighted by Crippen LogP contribution is -2.33. The number of rotatable bonds is 6. The molecule has 1 unspecified atom stereocenters. The van der Waals surface area contributed by atoms with Crippen LogP contribution in [0, 0.1) is 6.92 Å². The molecule has 94 valence electrons. The lowest BCUT2D eigenvalue weighted by atomic mass is 10.2. The van der Waals surface area contributed by atoms with Gasteiger partial charge in [-0.15, -0.1) is 0 Å². The van der Waals surface area contributed by atoms with E-state index in [2.05, 4.69) is 20.6 Å². The summed E-state index contributed by atoms with van der Waals surface area (Å²) in [7, 11) is 0. The van der Waals surface area contributed by atoms with Crippen molar-refractivity contribution in [2.75, 3.05) is 6.54 Å². The first-order valence-electron chi connectivity index (χ1n) is 5.89. The Balaban J connectivity index is 2.30. The molecule has 1 amide bonds. The Kier molecular flexibility index (Phi) is 5.56. The van der Waals surface area contributed by atoms with Crippen molar-refractivity contribution in [2.45, 2.75) is 39.8 Å². The van der Waals surface area contributed by atoms with Gasteiger partial charge in [0.05, 0.1) is 24.1 Å². The number of hydrogen-bond acceptors (Lipinski definition) is 4. The van der Waals surface area contributed by atoms with Crippen LogP contribution >= 0.6 is 0 Å². The highest BCUT2D eigenvalue weighted by Crippen LogP contribution is 1.95. The molecule has 0 aromatic carbocycles. The van der Waals surface area contributed by atoms with Crippen LogP contribution in [0.1, 0.15) is 31.7 Å². The first-order valence-corrected chi connectivity index (χ1v) is 5.89. The largest absolute Gasteiger partial charge is 0.350 e. The van der Waals surface area contributed by atoms with E-state index < -0.39 is 0 Å². The van der Waals surface area contributed by atoms with Crippen molar-refractivity contribution < 1.29 is 4.79 Å². The van der Waals surface area contributed by atoms with Crippen LogP contribution in [0.2, 0.25) is 0 Å². The number of aryl methyl sites for hydroxylation is 1. The molecule has 2 N–H and O–H groups in total. The quantitative estimate of drug-likeness (QED) is 0.766. The summed E-state index contributed by atoms with van der Waals surface area (Å²) in [5.41, 5.74) is 1.65. The standard InChI is InChI=1S/C12H20N4O/c1-4-13-9(2)5-12(17)16-8-11-7-14-10(3)6-15-11/h6-7,9,13H,4-5,8H2,1-3H3,(H,16,17). The van der Waals surface area contributed by atoms with Gasteiger partial charge in [-0.05, 0) is 20.4 Å². The molecule has 1 heterocycles. The smallest absolute Gasteiger partial charge is 0.221 e. The van der Waals surface area contributed by atoms with Gasteiger partial charge in [0.15, 0.2) is 0 Å². The molecule has 17 heavy (non-hydrogen) atoms. The zero-order valence-electron chi connectivity index (χ0n) is 10.7. The van der Waals surface area contributed by atoms with Crippen LogP contribution < -0.4 is 10.6 Å². The molecule has 1 aromatic heterocycles. The summed E-state index contributed by atoms with van der Waals surface area (Å²) < 4.78 is 0. The van der Waals surface area contributed by atoms with Gasteiger partial charge in [-0.25, -0.2) is 0 Å². The second kappa shape index (κ2) is 6.96. The highest BCUT2D eigenvalue weighted by atomic mass is 16.1. The SMILES string of the molecule is CCNC(C)CC(=O)NCc1cnc(C)cn1. The second-order valence-electron chi connectivity index (χ2n) is 4.09. The summed E-state index contributed by atoms with van der Waals surface area (Å²) in [4.78, 5) is 19.9. The average Bonchev–Trinajstić information content (AvgIpc) is 2.28. The molecule has 0 saturated carbocycles. The highest BCUT2D eigenvalue weighted by Gasteiger charge is 2.07. The molecule has 0 spiro atoms. The summed E-state index contributed by atoms with van der Waals surface area (Å²) >= 11 is 0. The van der Waals surface area contributed by atoms with E-state index in [9.17, 15) is 4.79 Å². The van der Waals surface area contributed by atoms with E-state index in [0.717, 1.165) is 17.9 Å². The monoisotopic (exact) mass is 236 g/mol. The number of carbonyl (C=O) groups is 1. The Morgan fingerprint density at radius 2 is 2.18 bits per heavy atom. The fourth-order valence-electron chi connectivity index (χ4n) is 1.47. The molecule has 1 atom stereocenters. The maximum atomic E-state index is 11.6. The van der Waals surface area contributed by atoms with Crippen LogP contribution in [0.3, 0.4) is 0 Å². The molecular formula is C12H20N4O. The molecular weight excluding hydrogens is 216 g/mol. The van der Waals surface area contributed by atoms with E-state index in [1.165, 1.54) is 0 Å². The molecule has 5 nitrogen and oxygen atoms in total. The minimum absolute atomic E-state index is 0.0285. The molecule has 0 aliphatic heterocycles. The Morgan fingerprint density at radius 1 is 1.41 bits per heavy atom. The van der Waals surface area contributed by atoms with Crippen LogP contribution in [0.15, 0.2) is 12.4 Å². The number of amides is 1. The second-order valence-corrected chi connectivity index (χ2v) is 4.09. The van der Waals surface area contributed by atoms with Crippen molar-refractivity contribution in [1.29, 1.82) is 0 Å². The number of hydrogen-bond donors (Lipinski definition) is 2. The molecule has 0 bridgehead atoms. The Hall–Kier alpha value is -1.49. The molecule has 0 fully saturated rings. The normalized spacial score (nSPS) is 12.2. The van der Waals surface area contributed by atoms with Gasteiger partial charge < -0.3 is 10.6 Å². The predicted molar refractivity (Wildman–Crippen MR) is 66.4 cm³/mol. The Bertz CT molecular complexity index is 350. The fourth-order valence-corrected chi connectivity index (χ4v) is 1.47. The van der Waals surface area contributed by atoms with E-state index >= 15 is 0 Å². The summed E-state index contributed by atoms with van der Waals surface area (Å²) in [6.45, 7) is 7.21. The summed E-state index contributed by atoms with van der Waals surface area (Å²) in [6.07, 6.45) is 3.86. The molecule has 5 heteroatoms. The van der Waals surface area contributed by atoms with Crippen molar-refractivity contribution in [1.82, 2.24) is 20.6 Å². The van der Waals surface area contributed by atoms with Gasteiger partial charge in [0, 0.05) is 18.7 Å². The van der Waals surface area contributed by atoms with Crippen LogP contribution in [0.4, 0.5) is 0 Å². The van der Waals surface area contributed by atoms with Crippen LogP contribution in [0.25, 0.3) is 0 Å². The van der Waals surface area contributed by atoms with Crippen molar-refractivity contribution in [3.05, 3.63) is 23.8 Å². The van der Waals surface area contributed by atoms with E-state index in [4.69, 9.17) is 0 Å². The summed E-state index contributed by atoms with van der Waals surface area (Å²) in [5, 5.41) is 6.02. The minimum atomic E-state index is 0.0285. The number of aromatic nitrogens is 2. The summed E-state index contributed by atoms with van der Waals surface area (Å²) in [5.74, 6) is 0.0285. The highest BCUT2D eigenvalue weighted by molar-refractivity contribution is 5.76. The molecule has 1 rings (SSSR count). The van der Waals surface area contributed by atoms with Gasteiger partial charge in [0.2, 0.25) is 5.91 Å². The topological polar surface area (TPSA) is 66.9 Å². The third-order valence-electron chi connectivity index (χ3n) is 2.35. The van der Waals surface area contributed by atoms with E-state index in [1.807, 2.05) is 20.8 Å². The molecule has 0 radical (unpaired) electrons. The average molecular weight is 236 g/mol. The molecule has 0 saturated heterocycles. The third kappa shape index (κ3) is 5.40.